The molecule has 2 heteroatoms. The van der Waals surface area contributed by atoms with Gasteiger partial charge in [0.1, 0.15) is 11.3 Å². The highest BCUT2D eigenvalue weighted by Crippen LogP contribution is 2.56. The van der Waals surface area contributed by atoms with Gasteiger partial charge in [0.25, 0.3) is 0 Å². The summed E-state index contributed by atoms with van der Waals surface area (Å²) in [4.78, 5) is 2.45. The van der Waals surface area contributed by atoms with Crippen LogP contribution in [-0.4, -0.2) is 4.90 Å². The summed E-state index contributed by atoms with van der Waals surface area (Å²) in [6.45, 7) is 22.7. The summed E-state index contributed by atoms with van der Waals surface area (Å²) in [7, 11) is 0. The monoisotopic (exact) mass is 711 g/mol. The van der Waals surface area contributed by atoms with E-state index in [1.54, 1.807) is 0 Å². The summed E-state index contributed by atoms with van der Waals surface area (Å²) in [6.07, 6.45) is 36.1. The van der Waals surface area contributed by atoms with E-state index in [9.17, 15) is 0 Å². The van der Waals surface area contributed by atoms with Crippen LogP contribution in [0.4, 0.5) is 0 Å². The lowest BCUT2D eigenvalue weighted by molar-refractivity contribution is 0.321. The maximum absolute atomic E-state index is 6.20. The molecule has 2 unspecified atom stereocenters. The quantitative estimate of drug-likeness (QED) is 0.145. The third-order valence-electron chi connectivity index (χ3n) is 12.4. The highest BCUT2D eigenvalue weighted by atomic mass is 16.3. The van der Waals surface area contributed by atoms with Gasteiger partial charge >= 0.3 is 0 Å². The molecule has 3 aromatic rings. The fourth-order valence-electron chi connectivity index (χ4n) is 9.02. The molecule has 0 amide bonds. The van der Waals surface area contributed by atoms with Gasteiger partial charge in [0.05, 0.1) is 0 Å². The van der Waals surface area contributed by atoms with E-state index in [0.29, 0.717) is 29.6 Å². The van der Waals surface area contributed by atoms with Crippen LogP contribution in [0.15, 0.2) is 173 Å². The lowest BCUT2D eigenvalue weighted by atomic mass is 9.76. The molecule has 7 rings (SSSR count). The number of benzene rings is 2. The summed E-state index contributed by atoms with van der Waals surface area (Å²) in [5, 5.41) is 1.18. The van der Waals surface area contributed by atoms with Crippen LogP contribution in [0.2, 0.25) is 0 Å². The Morgan fingerprint density at radius 1 is 0.981 bits per heavy atom. The first kappa shape index (κ1) is 37.2. The van der Waals surface area contributed by atoms with Gasteiger partial charge in [0.2, 0.25) is 0 Å². The van der Waals surface area contributed by atoms with Gasteiger partial charge in [-0.3, -0.25) is 0 Å². The molecule has 2 aromatic carbocycles. The van der Waals surface area contributed by atoms with E-state index in [0.717, 1.165) is 48.2 Å². The number of hydrogen-bond acceptors (Lipinski definition) is 2. The first-order valence-electron chi connectivity index (χ1n) is 20.0. The fraction of sp³-hybridized carbons (Fsp3) is 0.308. The van der Waals surface area contributed by atoms with Crippen molar-refractivity contribution in [1.82, 2.24) is 4.90 Å². The molecule has 0 N–H and O–H groups in total. The van der Waals surface area contributed by atoms with Gasteiger partial charge in [-0.25, -0.2) is 0 Å². The van der Waals surface area contributed by atoms with Gasteiger partial charge < -0.3 is 9.32 Å². The van der Waals surface area contributed by atoms with Crippen molar-refractivity contribution >= 4 is 22.6 Å². The van der Waals surface area contributed by atoms with Crippen molar-refractivity contribution in [1.29, 1.82) is 0 Å². The lowest BCUT2D eigenvalue weighted by Crippen LogP contribution is -2.21. The van der Waals surface area contributed by atoms with Crippen molar-refractivity contribution in [3.05, 3.63) is 191 Å². The van der Waals surface area contributed by atoms with Crippen LogP contribution in [0.25, 0.3) is 22.6 Å². The van der Waals surface area contributed by atoms with E-state index >= 15 is 0 Å². The van der Waals surface area contributed by atoms with Gasteiger partial charge in [0.15, 0.2) is 0 Å². The smallest absolute Gasteiger partial charge is 0.134 e. The van der Waals surface area contributed by atoms with E-state index < -0.39 is 0 Å². The molecule has 0 bridgehead atoms. The van der Waals surface area contributed by atoms with E-state index in [1.807, 2.05) is 6.08 Å². The molecule has 0 saturated heterocycles. The molecule has 1 saturated carbocycles. The van der Waals surface area contributed by atoms with Crippen molar-refractivity contribution in [3.63, 3.8) is 0 Å². The van der Waals surface area contributed by atoms with Crippen LogP contribution in [0, 0.1) is 29.1 Å². The SMILES string of the molecule is C=C\C(=C/C(=C/C=C(\C)N(C1=CC[C@H](c2ccccc2)C=C1)/C(C)=C/CC1C(=C)C(C)(C)C2C=CC=C[C@@H]12)C(C)C)c1ccc2oc3c(c2c1)C=CCC3. The first-order chi connectivity index (χ1) is 26.1. The summed E-state index contributed by atoms with van der Waals surface area (Å²) in [5.41, 5.74) is 12.2. The maximum atomic E-state index is 6.20. The molecule has 4 aliphatic carbocycles. The van der Waals surface area contributed by atoms with Crippen LogP contribution in [0.3, 0.4) is 0 Å². The zero-order chi connectivity index (χ0) is 38.0. The van der Waals surface area contributed by atoms with Gasteiger partial charge in [0, 0.05) is 40.4 Å². The van der Waals surface area contributed by atoms with Gasteiger partial charge in [-0.1, -0.05) is 156 Å². The molecule has 1 fully saturated rings. The Morgan fingerprint density at radius 2 is 1.78 bits per heavy atom. The summed E-state index contributed by atoms with van der Waals surface area (Å²) >= 11 is 0. The second-order valence-corrected chi connectivity index (χ2v) is 16.4. The molecular weight excluding hydrogens is 655 g/mol. The molecular formula is C52H57NO. The summed E-state index contributed by atoms with van der Waals surface area (Å²) in [5.74, 6) is 3.21. The Balaban J connectivity index is 1.21. The summed E-state index contributed by atoms with van der Waals surface area (Å²) in [6, 6.07) is 17.4. The van der Waals surface area contributed by atoms with Crippen molar-refractivity contribution < 1.29 is 4.42 Å². The molecule has 0 radical (unpaired) electrons. The van der Waals surface area contributed by atoms with Crippen molar-refractivity contribution in [2.75, 3.05) is 0 Å². The molecule has 4 atom stereocenters. The Morgan fingerprint density at radius 3 is 2.52 bits per heavy atom. The molecule has 1 aromatic heterocycles. The highest BCUT2D eigenvalue weighted by Gasteiger charge is 2.48. The minimum Gasteiger partial charge on any atom is -0.460 e. The van der Waals surface area contributed by atoms with Crippen LogP contribution >= 0.6 is 0 Å². The Kier molecular flexibility index (Phi) is 10.8. The largest absolute Gasteiger partial charge is 0.460 e. The highest BCUT2D eigenvalue weighted by molar-refractivity contribution is 5.92. The number of fused-ring (bicyclic) bond motifs is 4. The standard InChI is InChI=1S/C52H57NO/c1-9-39(43-28-32-51-48(34-43)47-20-14-16-22-50(47)54-51)33-42(35(2)3)25-23-36(4)53(44-29-26-41(27-30-44)40-17-11-10-12-18-40)37(5)24-31-45-38(6)52(7,8)49-21-15-13-19-46(45)49/h9-15,17-21,23-26,28-30,32-35,41,45-46,49H,1,6,16,22,27,31H2,2-5,7-8H3/b36-23+,37-24+,39-33+,42-25-/t41-,45?,46+,49?/m1/s1. The average molecular weight is 712 g/mol. The second-order valence-electron chi connectivity index (χ2n) is 16.4. The zero-order valence-corrected chi connectivity index (χ0v) is 33.2. The predicted molar refractivity (Wildman–Crippen MR) is 231 cm³/mol. The van der Waals surface area contributed by atoms with E-state index in [2.05, 4.69) is 187 Å². The predicted octanol–water partition coefficient (Wildman–Crippen LogP) is 14.2. The third-order valence-corrected chi connectivity index (χ3v) is 12.4. The lowest BCUT2D eigenvalue weighted by Gasteiger charge is -2.31. The van der Waals surface area contributed by atoms with Crippen molar-refractivity contribution in [2.24, 2.45) is 29.1 Å². The number of furan rings is 1. The molecule has 4 aliphatic rings. The number of rotatable bonds is 11. The van der Waals surface area contributed by atoms with Gasteiger partial charge in [-0.2, -0.15) is 0 Å². The minimum atomic E-state index is 0.0888. The number of hydrogen-bond donors (Lipinski definition) is 0. The molecule has 54 heavy (non-hydrogen) atoms. The first-order valence-corrected chi connectivity index (χ1v) is 20.0. The fourth-order valence-corrected chi connectivity index (χ4v) is 9.02. The third kappa shape index (κ3) is 7.36. The number of allylic oxidation sites excluding steroid dienone is 18. The van der Waals surface area contributed by atoms with Crippen molar-refractivity contribution in [2.45, 2.75) is 73.1 Å². The van der Waals surface area contributed by atoms with Crippen molar-refractivity contribution in [3.8, 4) is 0 Å². The Hall–Kier alpha value is -5.08. The molecule has 2 nitrogen and oxygen atoms in total. The van der Waals surface area contributed by atoms with Crippen LogP contribution in [0.5, 0.6) is 0 Å². The summed E-state index contributed by atoms with van der Waals surface area (Å²) < 4.78 is 6.20. The van der Waals surface area contributed by atoms with E-state index in [-0.39, 0.29) is 5.41 Å². The van der Waals surface area contributed by atoms with Crippen LogP contribution in [0.1, 0.15) is 89.2 Å². The van der Waals surface area contributed by atoms with E-state index in [4.69, 9.17) is 4.42 Å². The number of nitrogens with zero attached hydrogens (tertiary/aromatic N) is 1. The van der Waals surface area contributed by atoms with Gasteiger partial charge in [-0.05, 0) is 109 Å². The Labute approximate surface area is 324 Å². The minimum absolute atomic E-state index is 0.0888. The van der Waals surface area contributed by atoms with Gasteiger partial charge in [-0.15, -0.1) is 0 Å². The molecule has 276 valence electrons. The Bertz CT molecular complexity index is 2200. The normalized spacial score (nSPS) is 23.9. The maximum Gasteiger partial charge on any atom is 0.134 e. The topological polar surface area (TPSA) is 16.4 Å². The average Bonchev–Trinajstić information content (AvgIpc) is 3.65. The van der Waals surface area contributed by atoms with Crippen LogP contribution in [-0.2, 0) is 6.42 Å². The van der Waals surface area contributed by atoms with E-state index in [1.165, 1.54) is 44.8 Å². The molecule has 1 heterocycles. The number of aryl methyl sites for hydroxylation is 1. The molecule has 0 spiro atoms. The second kappa shape index (κ2) is 15.7. The van der Waals surface area contributed by atoms with Crippen LogP contribution < -0.4 is 0 Å². The molecule has 0 aliphatic heterocycles. The zero-order valence-electron chi connectivity index (χ0n) is 33.2.